The molecule has 2 aliphatic rings. The molecule has 0 aromatic heterocycles. The maximum absolute atomic E-state index is 11.3. The van der Waals surface area contributed by atoms with Gasteiger partial charge in [-0.2, -0.15) is 0 Å². The quantitative estimate of drug-likeness (QED) is 0.119. The number of aliphatic hydroxyl groups excluding tert-OH is 2. The Labute approximate surface area is 175 Å². The zero-order valence-electron chi connectivity index (χ0n) is 14.0. The van der Waals surface area contributed by atoms with E-state index >= 15 is 0 Å². The molecule has 0 saturated heterocycles. The summed E-state index contributed by atoms with van der Waals surface area (Å²) in [5.74, 6) is -4.04. The van der Waals surface area contributed by atoms with Gasteiger partial charge in [0.1, 0.15) is 12.2 Å². The fourth-order valence-corrected chi connectivity index (χ4v) is 5.05. The third-order valence-corrected chi connectivity index (χ3v) is 7.39. The summed E-state index contributed by atoms with van der Waals surface area (Å²) < 4.78 is 12.0. The molecule has 1 aromatic carbocycles. The molecule has 0 bridgehead atoms. The van der Waals surface area contributed by atoms with E-state index in [1.807, 2.05) is 0 Å². The first-order chi connectivity index (χ1) is 13.0. The molecular weight excluding hydrogens is 504 g/mol. The third kappa shape index (κ3) is 2.83. The van der Waals surface area contributed by atoms with Crippen LogP contribution in [0.2, 0.25) is 0 Å². The Morgan fingerprint density at radius 3 is 2.17 bits per heavy atom. The molecule has 1 aliphatic carbocycles. The number of hydrogen-bond acceptors (Lipinski definition) is 10. The largest absolute Gasteiger partial charge is 0.472 e. The molecule has 1 heterocycles. The molecule has 7 atom stereocenters. The lowest BCUT2D eigenvalue weighted by Crippen LogP contribution is -2.87. The van der Waals surface area contributed by atoms with Crippen LogP contribution in [0.4, 0.5) is 5.69 Å². The van der Waals surface area contributed by atoms with Crippen molar-refractivity contribution in [3.05, 3.63) is 29.8 Å². The molecule has 9 N–H and O–H groups in total. The molecule has 12 nitrogen and oxygen atoms in total. The molecule has 1 saturated carbocycles. The monoisotopic (exact) mass is 519 g/mol. The normalized spacial score (nSPS) is 47.3. The number of fused-ring (bicyclic) bond motifs is 1. The molecule has 0 amide bonds. The highest BCUT2D eigenvalue weighted by molar-refractivity contribution is 9.10. The number of phosphoric ester groups is 1. The summed E-state index contributed by atoms with van der Waals surface area (Å²) in [6, 6.07) is 5.49. The van der Waals surface area contributed by atoms with Gasteiger partial charge in [-0.3, -0.25) is 4.99 Å². The van der Waals surface area contributed by atoms with Crippen molar-refractivity contribution in [1.29, 1.82) is 0 Å². The number of alkyl halides is 2. The van der Waals surface area contributed by atoms with E-state index in [1.54, 1.807) is 0 Å². The smallest absolute Gasteiger partial charge is 0.386 e. The van der Waals surface area contributed by atoms with Crippen LogP contribution < -0.4 is 0 Å². The molecule has 15 heteroatoms. The summed E-state index contributed by atoms with van der Waals surface area (Å²) in [4.78, 5) is 22.0. The highest BCUT2D eigenvalue weighted by Gasteiger charge is 2.83. The predicted molar refractivity (Wildman–Crippen MR) is 98.2 cm³/mol. The Kier molecular flexibility index (Phi) is 5.19. The van der Waals surface area contributed by atoms with E-state index in [2.05, 4.69) is 25.4 Å². The minimum Gasteiger partial charge on any atom is -0.386 e. The van der Waals surface area contributed by atoms with Gasteiger partial charge in [-0.25, -0.2) is 9.09 Å². The summed E-state index contributed by atoms with van der Waals surface area (Å²) in [7, 11) is -5.76. The highest BCUT2D eigenvalue weighted by Crippen LogP contribution is 2.61. The van der Waals surface area contributed by atoms with Crippen LogP contribution in [0.1, 0.15) is 5.56 Å². The highest BCUT2D eigenvalue weighted by atomic mass is 79.9. The van der Waals surface area contributed by atoms with Gasteiger partial charge in [-0.1, -0.05) is 29.8 Å². The number of aliphatic imine (C=N–C) groups is 1. The SMILES string of the molecule is O=P(O)(O)O[C@]1(O)[C@H](O)[C@@](O)(C2(O)C=Nc3ccccc32)[C@@H](O)[C@@](O)(Br)[C@]1(O)Cl. The maximum Gasteiger partial charge on any atom is 0.472 e. The van der Waals surface area contributed by atoms with Gasteiger partial charge >= 0.3 is 7.82 Å². The van der Waals surface area contributed by atoms with Crippen LogP contribution in [0.15, 0.2) is 29.3 Å². The van der Waals surface area contributed by atoms with Crippen LogP contribution in [-0.2, 0) is 14.7 Å². The third-order valence-electron chi connectivity index (χ3n) is 5.08. The number of aliphatic hydroxyl groups is 7. The van der Waals surface area contributed by atoms with E-state index in [1.165, 1.54) is 24.3 Å². The first-order valence-electron chi connectivity index (χ1n) is 7.73. The summed E-state index contributed by atoms with van der Waals surface area (Å²) in [5, 5.41) is 71.5. The molecule has 1 unspecified atom stereocenters. The molecule has 1 aromatic rings. The lowest BCUT2D eigenvalue weighted by Gasteiger charge is -2.61. The minimum atomic E-state index is -5.76. The van der Waals surface area contributed by atoms with Crippen molar-refractivity contribution in [3.8, 4) is 0 Å². The Hall–Kier alpha value is -0.510. The first kappa shape index (κ1) is 23.2. The van der Waals surface area contributed by atoms with Crippen LogP contribution in [0, 0.1) is 0 Å². The zero-order valence-corrected chi connectivity index (χ0v) is 17.3. The molecule has 3 rings (SSSR count). The van der Waals surface area contributed by atoms with E-state index in [4.69, 9.17) is 21.4 Å². The van der Waals surface area contributed by atoms with Crippen molar-refractivity contribution in [3.63, 3.8) is 0 Å². The van der Waals surface area contributed by atoms with E-state index in [-0.39, 0.29) is 11.3 Å². The molecule has 29 heavy (non-hydrogen) atoms. The number of hydrogen-bond donors (Lipinski definition) is 9. The van der Waals surface area contributed by atoms with Gasteiger partial charge in [0.2, 0.25) is 5.06 Å². The summed E-state index contributed by atoms with van der Waals surface area (Å²) in [6.07, 6.45) is -5.26. The second-order valence-corrected chi connectivity index (χ2v) is 9.67. The van der Waals surface area contributed by atoms with Crippen LogP contribution in [0.5, 0.6) is 0 Å². The second kappa shape index (κ2) is 6.50. The number of nitrogens with zero attached hydrogens (tertiary/aromatic N) is 1. The molecular formula is C14H16BrClNO11P. The first-order valence-corrected chi connectivity index (χ1v) is 10.4. The summed E-state index contributed by atoms with van der Waals surface area (Å²) in [6.45, 7) is 0. The fourth-order valence-electron chi connectivity index (χ4n) is 3.52. The molecule has 162 valence electrons. The van der Waals surface area contributed by atoms with E-state index in [0.717, 1.165) is 0 Å². The average Bonchev–Trinajstić information content (AvgIpc) is 2.96. The Balaban J connectivity index is 2.30. The van der Waals surface area contributed by atoms with Crippen molar-refractivity contribution >= 4 is 47.3 Å². The molecule has 0 spiro atoms. The van der Waals surface area contributed by atoms with Crippen LogP contribution in [-0.4, -0.2) is 84.9 Å². The summed E-state index contributed by atoms with van der Waals surface area (Å²) >= 11 is 8.02. The zero-order chi connectivity index (χ0) is 22.3. The number of benzene rings is 1. The van der Waals surface area contributed by atoms with Crippen molar-refractivity contribution in [2.45, 2.75) is 38.8 Å². The van der Waals surface area contributed by atoms with Crippen LogP contribution in [0.3, 0.4) is 0 Å². The minimum absolute atomic E-state index is 0.0621. The lowest BCUT2D eigenvalue weighted by atomic mass is 9.63. The average molecular weight is 521 g/mol. The Bertz CT molecular complexity index is 925. The van der Waals surface area contributed by atoms with E-state index in [0.29, 0.717) is 6.21 Å². The van der Waals surface area contributed by atoms with Crippen LogP contribution >= 0.6 is 35.4 Å². The number of halogens is 2. The van der Waals surface area contributed by atoms with E-state index < -0.39 is 46.6 Å². The number of para-hydroxylation sites is 1. The predicted octanol–water partition coefficient (Wildman–Crippen LogP) is -2.13. The van der Waals surface area contributed by atoms with Crippen molar-refractivity contribution in [1.82, 2.24) is 0 Å². The van der Waals surface area contributed by atoms with Crippen LogP contribution in [0.25, 0.3) is 0 Å². The second-order valence-electron chi connectivity index (χ2n) is 6.75. The van der Waals surface area contributed by atoms with Gasteiger partial charge in [0.05, 0.1) is 5.69 Å². The van der Waals surface area contributed by atoms with Crippen molar-refractivity contribution in [2.24, 2.45) is 4.99 Å². The van der Waals surface area contributed by atoms with Gasteiger partial charge in [0, 0.05) is 11.8 Å². The van der Waals surface area contributed by atoms with Crippen molar-refractivity contribution < 1.29 is 54.6 Å². The van der Waals surface area contributed by atoms with Gasteiger partial charge in [0.15, 0.2) is 15.7 Å². The maximum atomic E-state index is 11.3. The fraction of sp³-hybridized carbons (Fsp3) is 0.500. The Morgan fingerprint density at radius 1 is 1.07 bits per heavy atom. The standard InChI is InChI=1S/C14H16BrClNO11P/c15-12(22)8(18)11(21,10(20)5-17-7-4-2-1-3-6(7)10)9(19)13(23,14(12,16)24)28-29(25,26)27/h1-5,8-9,18-24H,(H2,25,26,27)/t8-,9-,10?,11-,12+,13-,14-/m1/s1. The van der Waals surface area contributed by atoms with E-state index in [9.17, 15) is 40.3 Å². The molecule has 1 aliphatic heterocycles. The summed E-state index contributed by atoms with van der Waals surface area (Å²) in [5.41, 5.74) is -6.51. The molecule has 0 radical (unpaired) electrons. The van der Waals surface area contributed by atoms with Crippen molar-refractivity contribution in [2.75, 3.05) is 0 Å². The Morgan fingerprint density at radius 2 is 1.62 bits per heavy atom. The van der Waals surface area contributed by atoms with Gasteiger partial charge in [-0.15, -0.1) is 0 Å². The molecule has 1 fully saturated rings. The van der Waals surface area contributed by atoms with Gasteiger partial charge in [-0.05, 0) is 22.0 Å². The lowest BCUT2D eigenvalue weighted by molar-refractivity contribution is -0.398. The number of phosphoric acid groups is 1. The van der Waals surface area contributed by atoms with Gasteiger partial charge < -0.3 is 45.5 Å². The topological polar surface area (TPSA) is 221 Å². The number of rotatable bonds is 3. The van der Waals surface area contributed by atoms with Gasteiger partial charge in [0.25, 0.3) is 5.79 Å².